The van der Waals surface area contributed by atoms with Crippen molar-refractivity contribution in [2.24, 2.45) is 0 Å². The summed E-state index contributed by atoms with van der Waals surface area (Å²) in [6.45, 7) is 0.0674. The molecule has 0 aromatic heterocycles. The maximum absolute atomic E-state index is 11.2. The summed E-state index contributed by atoms with van der Waals surface area (Å²) >= 11 is 11.1. The van der Waals surface area contributed by atoms with Crippen LogP contribution in [0.1, 0.15) is 0 Å². The summed E-state index contributed by atoms with van der Waals surface area (Å²) in [4.78, 5) is 21.0. The Hall–Kier alpha value is -1.53. The highest BCUT2D eigenvalue weighted by molar-refractivity contribution is 6.33. The maximum Gasteiger partial charge on any atom is 0.411 e. The summed E-state index contributed by atoms with van der Waals surface area (Å²) in [5.41, 5.74) is 0.0755. The number of non-ortho nitro benzene ring substituents is 1. The van der Waals surface area contributed by atoms with E-state index >= 15 is 0 Å². The van der Waals surface area contributed by atoms with Crippen LogP contribution in [-0.4, -0.2) is 23.5 Å². The first-order valence-electron chi connectivity index (χ1n) is 4.48. The van der Waals surface area contributed by atoms with E-state index in [9.17, 15) is 14.9 Å². The minimum atomic E-state index is -0.721. The van der Waals surface area contributed by atoms with Gasteiger partial charge < -0.3 is 4.74 Å². The molecule has 0 saturated heterocycles. The van der Waals surface area contributed by atoms with Gasteiger partial charge in [-0.1, -0.05) is 11.6 Å². The molecule has 0 fully saturated rings. The molecule has 0 spiro atoms. The second-order valence-corrected chi connectivity index (χ2v) is 3.66. The summed E-state index contributed by atoms with van der Waals surface area (Å²) in [6.07, 6.45) is -0.721. The lowest BCUT2D eigenvalue weighted by atomic mass is 10.3. The number of alkyl halides is 1. The molecule has 6 nitrogen and oxygen atoms in total. The highest BCUT2D eigenvalue weighted by atomic mass is 35.5. The number of rotatable bonds is 4. The first-order chi connectivity index (χ1) is 8.04. The molecule has 0 aliphatic heterocycles. The van der Waals surface area contributed by atoms with Gasteiger partial charge in [0.1, 0.15) is 6.61 Å². The van der Waals surface area contributed by atoms with Gasteiger partial charge in [0.2, 0.25) is 0 Å². The Morgan fingerprint density at radius 3 is 2.76 bits per heavy atom. The Balaban J connectivity index is 2.72. The van der Waals surface area contributed by atoms with Crippen molar-refractivity contribution in [3.8, 4) is 0 Å². The van der Waals surface area contributed by atoms with Gasteiger partial charge in [-0.3, -0.25) is 15.4 Å². The monoisotopic (exact) mass is 278 g/mol. The molecule has 0 saturated carbocycles. The van der Waals surface area contributed by atoms with E-state index in [0.29, 0.717) is 0 Å². The van der Waals surface area contributed by atoms with Crippen molar-refractivity contribution in [2.75, 3.05) is 17.8 Å². The van der Waals surface area contributed by atoms with Gasteiger partial charge in [-0.25, -0.2) is 4.79 Å². The molecule has 8 heteroatoms. The molecule has 92 valence electrons. The Labute approximate surface area is 107 Å². The predicted octanol–water partition coefficient (Wildman–Crippen LogP) is 3.04. The van der Waals surface area contributed by atoms with Crippen LogP contribution >= 0.6 is 23.2 Å². The molecule has 0 unspecified atom stereocenters. The third kappa shape index (κ3) is 4.08. The van der Waals surface area contributed by atoms with Crippen molar-refractivity contribution in [1.82, 2.24) is 0 Å². The number of hydrogen-bond donors (Lipinski definition) is 1. The largest absolute Gasteiger partial charge is 0.448 e. The van der Waals surface area contributed by atoms with Gasteiger partial charge in [0.05, 0.1) is 21.5 Å². The summed E-state index contributed by atoms with van der Waals surface area (Å²) in [5, 5.41) is 12.8. The number of hydrogen-bond acceptors (Lipinski definition) is 4. The van der Waals surface area contributed by atoms with Crippen LogP contribution in [0, 0.1) is 10.1 Å². The highest BCUT2D eigenvalue weighted by Gasteiger charge is 2.11. The molecule has 0 bridgehead atoms. The molecular weight excluding hydrogens is 271 g/mol. The molecule has 1 rings (SSSR count). The van der Waals surface area contributed by atoms with Crippen molar-refractivity contribution in [3.05, 3.63) is 33.3 Å². The summed E-state index contributed by atoms with van der Waals surface area (Å²) < 4.78 is 4.65. The number of nitro benzene ring substituents is 1. The number of halogens is 2. The minimum absolute atomic E-state index is 0.0574. The molecule has 1 amide bonds. The van der Waals surface area contributed by atoms with E-state index in [-0.39, 0.29) is 28.9 Å². The normalized spacial score (nSPS) is 9.76. The lowest BCUT2D eigenvalue weighted by Crippen LogP contribution is -2.15. The Kier molecular flexibility index (Phi) is 4.99. The average molecular weight is 279 g/mol. The fourth-order valence-corrected chi connectivity index (χ4v) is 1.30. The van der Waals surface area contributed by atoms with Crippen molar-refractivity contribution in [3.63, 3.8) is 0 Å². The smallest absolute Gasteiger partial charge is 0.411 e. The van der Waals surface area contributed by atoms with E-state index in [1.54, 1.807) is 0 Å². The Morgan fingerprint density at radius 2 is 2.24 bits per heavy atom. The molecule has 0 aliphatic carbocycles. The minimum Gasteiger partial charge on any atom is -0.448 e. The molecule has 0 aliphatic rings. The van der Waals surface area contributed by atoms with Crippen LogP contribution in [0.5, 0.6) is 0 Å². The summed E-state index contributed by atoms with van der Waals surface area (Å²) in [5.74, 6) is 0.182. The van der Waals surface area contributed by atoms with Crippen LogP contribution in [0.3, 0.4) is 0 Å². The lowest BCUT2D eigenvalue weighted by molar-refractivity contribution is -0.384. The van der Waals surface area contributed by atoms with Gasteiger partial charge in [-0.2, -0.15) is 0 Å². The van der Waals surface area contributed by atoms with E-state index in [2.05, 4.69) is 10.1 Å². The zero-order valence-electron chi connectivity index (χ0n) is 8.48. The van der Waals surface area contributed by atoms with Crippen molar-refractivity contribution in [2.45, 2.75) is 0 Å². The van der Waals surface area contributed by atoms with Gasteiger partial charge in [0, 0.05) is 12.1 Å². The molecule has 0 radical (unpaired) electrons. The van der Waals surface area contributed by atoms with Crippen molar-refractivity contribution in [1.29, 1.82) is 0 Å². The number of nitrogens with zero attached hydrogens (tertiary/aromatic N) is 1. The van der Waals surface area contributed by atoms with Crippen molar-refractivity contribution >= 4 is 40.7 Å². The van der Waals surface area contributed by atoms with Crippen molar-refractivity contribution < 1.29 is 14.5 Å². The summed E-state index contributed by atoms with van der Waals surface area (Å²) in [6, 6.07) is 3.68. The first kappa shape index (κ1) is 13.5. The lowest BCUT2D eigenvalue weighted by Gasteiger charge is -2.06. The number of carbonyl (C=O) groups is 1. The van der Waals surface area contributed by atoms with Gasteiger partial charge in [0.15, 0.2) is 0 Å². The quantitative estimate of drug-likeness (QED) is 0.521. The van der Waals surface area contributed by atoms with Crippen LogP contribution < -0.4 is 5.32 Å². The number of nitrogens with one attached hydrogen (secondary N) is 1. The molecule has 0 atom stereocenters. The van der Waals surface area contributed by atoms with E-state index in [1.165, 1.54) is 12.1 Å². The standard InChI is InChI=1S/C9H8Cl2N2O4/c10-3-4-17-9(14)12-8-2-1-6(13(15)16)5-7(8)11/h1-2,5H,3-4H2,(H,12,14). The van der Waals surface area contributed by atoms with E-state index < -0.39 is 11.0 Å². The fourth-order valence-electron chi connectivity index (χ4n) is 0.996. The van der Waals surface area contributed by atoms with Crippen LogP contribution in [0.15, 0.2) is 18.2 Å². The number of nitro groups is 1. The van der Waals surface area contributed by atoms with Gasteiger partial charge in [-0.15, -0.1) is 11.6 Å². The third-order valence-electron chi connectivity index (χ3n) is 1.71. The zero-order chi connectivity index (χ0) is 12.8. The third-order valence-corrected chi connectivity index (χ3v) is 2.18. The number of ether oxygens (including phenoxy) is 1. The number of carbonyl (C=O) groups excluding carboxylic acids is 1. The number of amides is 1. The zero-order valence-corrected chi connectivity index (χ0v) is 9.99. The Morgan fingerprint density at radius 1 is 1.53 bits per heavy atom. The molecule has 1 N–H and O–H groups in total. The maximum atomic E-state index is 11.2. The van der Waals surface area contributed by atoms with Crippen LogP contribution in [0.4, 0.5) is 16.2 Å². The average Bonchev–Trinajstić information content (AvgIpc) is 2.28. The molecular formula is C9H8Cl2N2O4. The molecule has 1 aromatic carbocycles. The molecule has 17 heavy (non-hydrogen) atoms. The van der Waals surface area contributed by atoms with Gasteiger partial charge in [0.25, 0.3) is 5.69 Å². The predicted molar refractivity (Wildman–Crippen MR) is 63.8 cm³/mol. The Bertz CT molecular complexity index is 439. The topological polar surface area (TPSA) is 81.5 Å². The number of benzene rings is 1. The van der Waals surface area contributed by atoms with Crippen LogP contribution in [-0.2, 0) is 4.74 Å². The van der Waals surface area contributed by atoms with Crippen LogP contribution in [0.25, 0.3) is 0 Å². The van der Waals surface area contributed by atoms with Crippen LogP contribution in [0.2, 0.25) is 5.02 Å². The first-order valence-corrected chi connectivity index (χ1v) is 5.39. The van der Waals surface area contributed by atoms with E-state index in [0.717, 1.165) is 6.07 Å². The van der Waals surface area contributed by atoms with Gasteiger partial charge in [-0.05, 0) is 6.07 Å². The second kappa shape index (κ2) is 6.27. The van der Waals surface area contributed by atoms with E-state index in [4.69, 9.17) is 23.2 Å². The number of anilines is 1. The van der Waals surface area contributed by atoms with E-state index in [1.807, 2.05) is 0 Å². The SMILES string of the molecule is O=C(Nc1ccc([N+](=O)[O-])cc1Cl)OCCCl. The fraction of sp³-hybridized carbons (Fsp3) is 0.222. The summed E-state index contributed by atoms with van der Waals surface area (Å²) in [7, 11) is 0. The molecule has 0 heterocycles. The highest BCUT2D eigenvalue weighted by Crippen LogP contribution is 2.26. The molecule has 1 aromatic rings. The van der Waals surface area contributed by atoms with Gasteiger partial charge >= 0.3 is 6.09 Å². The second-order valence-electron chi connectivity index (χ2n) is 2.87.